The number of hydrogen-bond acceptors (Lipinski definition) is 3. The Morgan fingerprint density at radius 1 is 1.50 bits per heavy atom. The van der Waals surface area contributed by atoms with E-state index in [1.807, 2.05) is 19.1 Å². The van der Waals surface area contributed by atoms with Gasteiger partial charge in [-0.05, 0) is 19.1 Å². The van der Waals surface area contributed by atoms with Crippen LogP contribution in [0.4, 0.5) is 11.5 Å². The fourth-order valence-electron chi connectivity index (χ4n) is 1.15. The summed E-state index contributed by atoms with van der Waals surface area (Å²) in [4.78, 5) is 15.1. The number of hydrogen-bond donors (Lipinski definition) is 2. The lowest BCUT2D eigenvalue weighted by Crippen LogP contribution is -2.28. The minimum absolute atomic E-state index is 0.0411. The molecule has 0 aromatic carbocycles. The minimum Gasteiger partial charge on any atom is -0.373 e. The number of aryl methyl sites for hydroxylation is 1. The van der Waals surface area contributed by atoms with Crippen LogP contribution in [0.1, 0.15) is 5.69 Å². The molecule has 2 rings (SSSR count). The van der Waals surface area contributed by atoms with E-state index in [0.717, 1.165) is 11.4 Å². The van der Waals surface area contributed by atoms with Crippen molar-refractivity contribution in [2.45, 2.75) is 6.92 Å². The molecule has 2 N–H and O–H groups in total. The van der Waals surface area contributed by atoms with Gasteiger partial charge in [-0.25, -0.2) is 4.98 Å². The van der Waals surface area contributed by atoms with Crippen molar-refractivity contribution in [3.8, 4) is 0 Å². The van der Waals surface area contributed by atoms with E-state index in [0.29, 0.717) is 12.4 Å². The van der Waals surface area contributed by atoms with Crippen LogP contribution in [-0.2, 0) is 4.79 Å². The second kappa shape index (κ2) is 2.48. The van der Waals surface area contributed by atoms with E-state index in [-0.39, 0.29) is 5.91 Å². The maximum atomic E-state index is 10.9. The van der Waals surface area contributed by atoms with Crippen molar-refractivity contribution in [2.75, 3.05) is 17.2 Å². The molecule has 4 nitrogen and oxygen atoms in total. The molecule has 0 atom stereocenters. The Morgan fingerprint density at radius 3 is 3.17 bits per heavy atom. The molecule has 0 saturated carbocycles. The highest BCUT2D eigenvalue weighted by atomic mass is 16.2. The van der Waals surface area contributed by atoms with E-state index < -0.39 is 0 Å². The largest absolute Gasteiger partial charge is 0.373 e. The predicted molar refractivity (Wildman–Crippen MR) is 46.1 cm³/mol. The summed E-state index contributed by atoms with van der Waals surface area (Å²) in [5.41, 5.74) is 1.79. The van der Waals surface area contributed by atoms with E-state index >= 15 is 0 Å². The normalized spacial score (nSPS) is 14.6. The summed E-state index contributed by atoms with van der Waals surface area (Å²) in [6.07, 6.45) is 0. The van der Waals surface area contributed by atoms with Gasteiger partial charge < -0.3 is 10.6 Å². The van der Waals surface area contributed by atoms with E-state index in [4.69, 9.17) is 0 Å². The minimum atomic E-state index is -0.0411. The zero-order chi connectivity index (χ0) is 8.55. The second-order valence-corrected chi connectivity index (χ2v) is 2.75. The molecule has 0 saturated heterocycles. The van der Waals surface area contributed by atoms with Crippen LogP contribution in [0.25, 0.3) is 0 Å². The van der Waals surface area contributed by atoms with E-state index in [9.17, 15) is 4.79 Å². The maximum Gasteiger partial charge on any atom is 0.244 e. The fraction of sp³-hybridized carbons (Fsp3) is 0.250. The summed E-state index contributed by atoms with van der Waals surface area (Å²) in [5.74, 6) is 0.590. The summed E-state index contributed by atoms with van der Waals surface area (Å²) in [6.45, 7) is 2.22. The van der Waals surface area contributed by atoms with Gasteiger partial charge in [-0.2, -0.15) is 0 Å². The molecule has 0 unspecified atom stereocenters. The average Bonchev–Trinajstić information content (AvgIpc) is 2.03. The molecule has 1 aromatic rings. The quantitative estimate of drug-likeness (QED) is 0.593. The first-order valence-electron chi connectivity index (χ1n) is 3.77. The molecule has 0 aliphatic carbocycles. The Kier molecular flexibility index (Phi) is 1.46. The Bertz CT molecular complexity index is 335. The third-order valence-corrected chi connectivity index (χ3v) is 1.73. The van der Waals surface area contributed by atoms with Crippen molar-refractivity contribution >= 4 is 17.4 Å². The van der Waals surface area contributed by atoms with Crippen molar-refractivity contribution < 1.29 is 4.79 Å². The van der Waals surface area contributed by atoms with Crippen molar-refractivity contribution in [2.24, 2.45) is 0 Å². The second-order valence-electron chi connectivity index (χ2n) is 2.75. The molecule has 0 fully saturated rings. The molecular weight excluding hydrogens is 154 g/mol. The number of carbonyl (C=O) groups is 1. The highest BCUT2D eigenvalue weighted by Gasteiger charge is 2.14. The highest BCUT2D eigenvalue weighted by molar-refractivity contribution is 5.99. The predicted octanol–water partition coefficient (Wildman–Crippen LogP) is 0.754. The van der Waals surface area contributed by atoms with Crippen LogP contribution < -0.4 is 10.6 Å². The van der Waals surface area contributed by atoms with Gasteiger partial charge >= 0.3 is 0 Å². The molecule has 4 heteroatoms. The lowest BCUT2D eigenvalue weighted by molar-refractivity contribution is -0.114. The van der Waals surface area contributed by atoms with Crippen LogP contribution in [-0.4, -0.2) is 17.4 Å². The molecule has 0 spiro atoms. The van der Waals surface area contributed by atoms with Crippen LogP contribution in [0.3, 0.4) is 0 Å². The molecule has 1 aliphatic heterocycles. The maximum absolute atomic E-state index is 10.9. The van der Waals surface area contributed by atoms with Gasteiger partial charge in [0.25, 0.3) is 0 Å². The third kappa shape index (κ3) is 1.11. The molecule has 1 aliphatic rings. The Balaban J connectivity index is 2.44. The highest BCUT2D eigenvalue weighted by Crippen LogP contribution is 2.21. The van der Waals surface area contributed by atoms with Gasteiger partial charge in [0.1, 0.15) is 0 Å². The molecule has 2 heterocycles. The van der Waals surface area contributed by atoms with Crippen molar-refractivity contribution in [3.05, 3.63) is 17.8 Å². The SMILES string of the molecule is Cc1ccc2c(n1)NC(=O)CN2. The topological polar surface area (TPSA) is 54.0 Å². The van der Waals surface area contributed by atoms with E-state index in [2.05, 4.69) is 15.6 Å². The average molecular weight is 163 g/mol. The number of anilines is 2. The van der Waals surface area contributed by atoms with Crippen LogP contribution in [0.5, 0.6) is 0 Å². The number of nitrogens with one attached hydrogen (secondary N) is 2. The van der Waals surface area contributed by atoms with E-state index in [1.54, 1.807) is 0 Å². The zero-order valence-corrected chi connectivity index (χ0v) is 6.72. The van der Waals surface area contributed by atoms with Gasteiger partial charge in [0.15, 0.2) is 5.82 Å². The lowest BCUT2D eigenvalue weighted by Gasteiger charge is -2.17. The number of pyridine rings is 1. The molecular formula is C8H9N3O. The number of rotatable bonds is 0. The fourth-order valence-corrected chi connectivity index (χ4v) is 1.15. The van der Waals surface area contributed by atoms with Crippen molar-refractivity contribution in [1.82, 2.24) is 4.98 Å². The van der Waals surface area contributed by atoms with Crippen LogP contribution >= 0.6 is 0 Å². The summed E-state index contributed by atoms with van der Waals surface area (Å²) < 4.78 is 0. The molecule has 0 radical (unpaired) electrons. The number of aromatic nitrogens is 1. The van der Waals surface area contributed by atoms with Crippen molar-refractivity contribution in [3.63, 3.8) is 0 Å². The number of fused-ring (bicyclic) bond motifs is 1. The van der Waals surface area contributed by atoms with Gasteiger partial charge in [0.05, 0.1) is 12.2 Å². The Morgan fingerprint density at radius 2 is 2.33 bits per heavy atom. The van der Waals surface area contributed by atoms with Gasteiger partial charge in [0, 0.05) is 5.69 Å². The smallest absolute Gasteiger partial charge is 0.244 e. The first kappa shape index (κ1) is 7.09. The molecule has 1 aromatic heterocycles. The first-order chi connectivity index (χ1) is 5.75. The van der Waals surface area contributed by atoms with Gasteiger partial charge in [-0.15, -0.1) is 0 Å². The standard InChI is InChI=1S/C8H9N3O/c1-5-2-3-6-8(10-5)11-7(12)4-9-6/h2-3,9H,4H2,1H3,(H,10,11,12). The lowest BCUT2D eigenvalue weighted by atomic mass is 10.3. The third-order valence-electron chi connectivity index (χ3n) is 1.73. The molecule has 1 amide bonds. The van der Waals surface area contributed by atoms with E-state index in [1.165, 1.54) is 0 Å². The van der Waals surface area contributed by atoms with Crippen LogP contribution in [0.15, 0.2) is 12.1 Å². The Labute approximate surface area is 70.0 Å². The summed E-state index contributed by atoms with van der Waals surface area (Å²) in [5, 5.41) is 5.65. The van der Waals surface area contributed by atoms with Gasteiger partial charge in [-0.1, -0.05) is 0 Å². The van der Waals surface area contributed by atoms with Crippen LogP contribution in [0, 0.1) is 6.92 Å². The van der Waals surface area contributed by atoms with Gasteiger partial charge in [0.2, 0.25) is 5.91 Å². The molecule has 12 heavy (non-hydrogen) atoms. The van der Waals surface area contributed by atoms with Crippen LogP contribution in [0.2, 0.25) is 0 Å². The Hall–Kier alpha value is -1.58. The first-order valence-corrected chi connectivity index (χ1v) is 3.77. The monoisotopic (exact) mass is 163 g/mol. The van der Waals surface area contributed by atoms with Crippen molar-refractivity contribution in [1.29, 1.82) is 0 Å². The summed E-state index contributed by atoms with van der Waals surface area (Å²) in [7, 11) is 0. The number of nitrogens with zero attached hydrogens (tertiary/aromatic N) is 1. The molecule has 62 valence electrons. The summed E-state index contributed by atoms with van der Waals surface area (Å²) in [6, 6.07) is 3.82. The number of carbonyl (C=O) groups excluding carboxylic acids is 1. The molecule has 0 bridgehead atoms. The zero-order valence-electron chi connectivity index (χ0n) is 6.72. The number of amides is 1. The van der Waals surface area contributed by atoms with Gasteiger partial charge in [-0.3, -0.25) is 4.79 Å². The summed E-state index contributed by atoms with van der Waals surface area (Å²) >= 11 is 0.